The van der Waals surface area contributed by atoms with E-state index in [9.17, 15) is 48.6 Å². The predicted molar refractivity (Wildman–Crippen MR) is 216 cm³/mol. The first-order chi connectivity index (χ1) is 28.7. The summed E-state index contributed by atoms with van der Waals surface area (Å²) in [5.74, 6) is -1.28. The fourth-order valence-corrected chi connectivity index (χ4v) is 5.18. The van der Waals surface area contributed by atoms with Crippen LogP contribution >= 0.6 is 0 Å². The van der Waals surface area contributed by atoms with E-state index in [4.69, 9.17) is 9.47 Å². The number of alkyl carbamates (subject to hydrolysis) is 2. The number of amides is 8. The van der Waals surface area contributed by atoms with Gasteiger partial charge in [-0.25, -0.2) is 19.2 Å². The number of unbranched alkanes of at least 4 members (excludes halogenated alkanes) is 6. The molecule has 0 unspecified atom stereocenters. The second kappa shape index (κ2) is 29.0. The van der Waals surface area contributed by atoms with Crippen LogP contribution in [0.15, 0.2) is 21.7 Å². The molecule has 2 aromatic rings. The number of urea groups is 2. The molecule has 0 bridgehead atoms. The van der Waals surface area contributed by atoms with Crippen molar-refractivity contribution in [2.75, 3.05) is 63.1 Å². The van der Waals surface area contributed by atoms with Crippen molar-refractivity contribution in [1.82, 2.24) is 51.8 Å². The average molecular weight is 851 g/mol. The zero-order valence-corrected chi connectivity index (χ0v) is 33.9. The van der Waals surface area contributed by atoms with Gasteiger partial charge in [0.1, 0.15) is 19.3 Å². The average Bonchev–Trinajstić information content (AvgIpc) is 3.16. The number of carbonyl (C=O) groups excluding carboxylic acids is 6. The van der Waals surface area contributed by atoms with Crippen LogP contribution < -0.4 is 53.7 Å². The summed E-state index contributed by atoms with van der Waals surface area (Å²) in [6, 6.07) is 1.64. The van der Waals surface area contributed by atoms with Crippen LogP contribution in [0.1, 0.15) is 75.6 Å². The van der Waals surface area contributed by atoms with Crippen molar-refractivity contribution in [3.63, 3.8) is 0 Å². The van der Waals surface area contributed by atoms with Crippen LogP contribution in [0.25, 0.3) is 0 Å². The number of hydrogen-bond acceptors (Lipinski definition) is 14. The minimum absolute atomic E-state index is 0.0225. The second-order valence-corrected chi connectivity index (χ2v) is 13.5. The Labute approximate surface area is 345 Å². The molecule has 0 aliphatic rings. The summed E-state index contributed by atoms with van der Waals surface area (Å²) < 4.78 is 9.98. The maximum absolute atomic E-state index is 12.1. The van der Waals surface area contributed by atoms with Gasteiger partial charge < -0.3 is 61.6 Å². The number of rotatable bonds is 27. The van der Waals surface area contributed by atoms with Crippen LogP contribution in [-0.4, -0.2) is 131 Å². The Morgan fingerprint density at radius 2 is 1.02 bits per heavy atom. The van der Waals surface area contributed by atoms with E-state index >= 15 is 0 Å². The number of aromatic amines is 2. The van der Waals surface area contributed by atoms with E-state index in [0.717, 1.165) is 25.7 Å². The van der Waals surface area contributed by atoms with Gasteiger partial charge in [-0.05, 0) is 39.5 Å². The van der Waals surface area contributed by atoms with E-state index in [0.29, 0.717) is 63.3 Å². The summed E-state index contributed by atoms with van der Waals surface area (Å²) in [6.45, 7) is 4.47. The summed E-state index contributed by atoms with van der Waals surface area (Å²) in [6.07, 6.45) is 0.756. The monoisotopic (exact) mass is 850 g/mol. The van der Waals surface area contributed by atoms with Crippen molar-refractivity contribution < 1.29 is 48.5 Å². The topological polar surface area (TPSA) is 349 Å². The Morgan fingerprint density at radius 1 is 0.600 bits per heavy atom. The van der Waals surface area contributed by atoms with Crippen molar-refractivity contribution >= 4 is 48.0 Å². The number of ether oxygens (including phenoxy) is 2. The molecule has 0 aliphatic heterocycles. The normalized spacial score (nSPS) is 11.6. The van der Waals surface area contributed by atoms with E-state index in [2.05, 4.69) is 62.5 Å². The maximum atomic E-state index is 12.1. The third-order valence-electron chi connectivity index (χ3n) is 8.05. The van der Waals surface area contributed by atoms with Crippen molar-refractivity contribution in [2.45, 2.75) is 90.3 Å². The van der Waals surface area contributed by atoms with Crippen LogP contribution in [-0.2, 0) is 19.1 Å². The Hall–Kier alpha value is -6.30. The highest BCUT2D eigenvalue weighted by molar-refractivity contribution is 5.87. The van der Waals surface area contributed by atoms with E-state index in [1.54, 1.807) is 13.8 Å². The Kier molecular flexibility index (Phi) is 24.1. The SMILES string of the molecule is Cc1cc(=O)nc(NC(=O)NCCCCCCNC(=O)OCCNC(=O)C[C@@H](O)C[C@H](O)C(=O)NCCOC(=O)NCCCCCCNC(=O)Nc2nc(=O)cc(C)[nH]2)[nH]1. The van der Waals surface area contributed by atoms with Crippen LogP contribution in [0.5, 0.6) is 0 Å². The number of nitrogens with one attached hydrogen (secondary N) is 10. The molecule has 2 atom stereocenters. The zero-order chi connectivity index (χ0) is 44.1. The summed E-state index contributed by atoms with van der Waals surface area (Å²) in [5, 5.41) is 40.5. The maximum Gasteiger partial charge on any atom is 0.407 e. The third kappa shape index (κ3) is 24.5. The minimum Gasteiger partial charge on any atom is -0.448 e. The van der Waals surface area contributed by atoms with E-state index < -0.39 is 72.2 Å². The molecule has 2 aromatic heterocycles. The van der Waals surface area contributed by atoms with Gasteiger partial charge in [0.15, 0.2) is 0 Å². The van der Waals surface area contributed by atoms with Gasteiger partial charge >= 0.3 is 24.2 Å². The Balaban J connectivity index is 1.38. The van der Waals surface area contributed by atoms with E-state index in [-0.39, 0.29) is 38.2 Å². The lowest BCUT2D eigenvalue weighted by atomic mass is 10.1. The molecule has 334 valence electrons. The first-order valence-corrected chi connectivity index (χ1v) is 19.7. The first kappa shape index (κ1) is 49.8. The van der Waals surface area contributed by atoms with Crippen LogP contribution in [0.4, 0.5) is 31.1 Å². The van der Waals surface area contributed by atoms with Gasteiger partial charge in [-0.3, -0.25) is 29.8 Å². The van der Waals surface area contributed by atoms with Gasteiger partial charge in [0.05, 0.1) is 25.6 Å². The number of aliphatic hydroxyl groups excluding tert-OH is 2. The molecule has 0 saturated heterocycles. The molecule has 0 aliphatic carbocycles. The molecule has 0 aromatic carbocycles. The molecule has 8 amide bonds. The number of nitrogens with zero attached hydrogens (tertiary/aromatic N) is 2. The predicted octanol–water partition coefficient (Wildman–Crippen LogP) is -0.279. The fraction of sp³-hybridized carbons (Fsp3) is 0.611. The highest BCUT2D eigenvalue weighted by Gasteiger charge is 2.21. The Bertz CT molecular complexity index is 1790. The second-order valence-electron chi connectivity index (χ2n) is 13.5. The molecular weight excluding hydrogens is 792 g/mol. The summed E-state index contributed by atoms with van der Waals surface area (Å²) in [4.78, 5) is 107. The van der Waals surface area contributed by atoms with Gasteiger partial charge in [-0.2, -0.15) is 9.97 Å². The molecule has 24 nitrogen and oxygen atoms in total. The van der Waals surface area contributed by atoms with Crippen molar-refractivity contribution in [3.8, 4) is 0 Å². The van der Waals surface area contributed by atoms with E-state index in [1.165, 1.54) is 12.1 Å². The smallest absolute Gasteiger partial charge is 0.407 e. The molecule has 60 heavy (non-hydrogen) atoms. The highest BCUT2D eigenvalue weighted by atomic mass is 16.6. The number of aliphatic hydroxyl groups is 2. The zero-order valence-electron chi connectivity index (χ0n) is 33.9. The fourth-order valence-electron chi connectivity index (χ4n) is 5.18. The van der Waals surface area contributed by atoms with Gasteiger partial charge in [0.25, 0.3) is 11.1 Å². The molecule has 12 N–H and O–H groups in total. The molecule has 2 heterocycles. The lowest BCUT2D eigenvalue weighted by Gasteiger charge is -2.16. The van der Waals surface area contributed by atoms with Gasteiger partial charge in [-0.1, -0.05) is 25.7 Å². The molecule has 0 radical (unpaired) electrons. The molecule has 0 fully saturated rings. The summed E-state index contributed by atoms with van der Waals surface area (Å²) in [7, 11) is 0. The van der Waals surface area contributed by atoms with Crippen LogP contribution in [0.2, 0.25) is 0 Å². The third-order valence-corrected chi connectivity index (χ3v) is 8.05. The van der Waals surface area contributed by atoms with Crippen LogP contribution in [0.3, 0.4) is 0 Å². The highest BCUT2D eigenvalue weighted by Crippen LogP contribution is 2.04. The number of anilines is 2. The minimum atomic E-state index is -1.62. The van der Waals surface area contributed by atoms with E-state index in [1.807, 2.05) is 0 Å². The lowest BCUT2D eigenvalue weighted by molar-refractivity contribution is -0.132. The lowest BCUT2D eigenvalue weighted by Crippen LogP contribution is -2.40. The van der Waals surface area contributed by atoms with Crippen molar-refractivity contribution in [3.05, 3.63) is 44.2 Å². The quantitative estimate of drug-likeness (QED) is 0.0515. The number of carbonyl (C=O) groups is 6. The molecule has 24 heteroatoms. The largest absolute Gasteiger partial charge is 0.448 e. The Morgan fingerprint density at radius 3 is 1.45 bits per heavy atom. The summed E-state index contributed by atoms with van der Waals surface area (Å²) >= 11 is 0. The number of hydrogen-bond donors (Lipinski definition) is 12. The van der Waals surface area contributed by atoms with Gasteiger partial charge in [0.2, 0.25) is 23.7 Å². The first-order valence-electron chi connectivity index (χ1n) is 19.7. The van der Waals surface area contributed by atoms with Gasteiger partial charge in [0, 0.05) is 56.1 Å². The van der Waals surface area contributed by atoms with Crippen molar-refractivity contribution in [2.24, 2.45) is 0 Å². The molecule has 0 spiro atoms. The number of aromatic nitrogens is 4. The molecule has 0 saturated carbocycles. The van der Waals surface area contributed by atoms with Gasteiger partial charge in [-0.15, -0.1) is 0 Å². The van der Waals surface area contributed by atoms with Crippen LogP contribution in [0, 0.1) is 13.8 Å². The summed E-state index contributed by atoms with van der Waals surface area (Å²) in [5.41, 5.74) is 0.219. The molecular formula is C36H58N12O12. The number of H-pyrrole nitrogens is 2. The standard InChI is InChI=1S/C36H58N12O12/c1-23-19-28(52)45-31(43-23)47-33(55)39-11-7-3-5-9-13-41-35(57)59-17-15-37-27(51)22-25(49)21-26(50)30(54)38-16-18-60-36(58)42-14-10-6-4-8-12-40-34(56)48-32-44-24(2)20-29(53)46-32/h19-20,25-26,49-50H,3-18,21-22H2,1-2H3,(H,37,51)(H,38,54)(H,41,57)(H,42,58)(H3,39,43,45,47,52,55)(H3,40,44,46,48,53,56)/t25-,26-/m0/s1. The van der Waals surface area contributed by atoms with Crippen molar-refractivity contribution in [1.29, 1.82) is 0 Å². The number of aryl methyl sites for hydroxylation is 2. The molecule has 2 rings (SSSR count).